The van der Waals surface area contributed by atoms with Gasteiger partial charge in [0.25, 0.3) is 5.88 Å². The van der Waals surface area contributed by atoms with Crippen LogP contribution in [0.2, 0.25) is 0 Å². The van der Waals surface area contributed by atoms with Crippen LogP contribution in [0.1, 0.15) is 44.2 Å². The maximum absolute atomic E-state index is 12.1. The van der Waals surface area contributed by atoms with Gasteiger partial charge in [-0.25, -0.2) is 4.63 Å². The summed E-state index contributed by atoms with van der Waals surface area (Å²) >= 11 is 0. The zero-order valence-electron chi connectivity index (χ0n) is 11.9. The van der Waals surface area contributed by atoms with E-state index in [-0.39, 0.29) is 11.8 Å². The number of hydrogen-bond donors (Lipinski definition) is 1. The third-order valence-corrected chi connectivity index (χ3v) is 4.61. The molecule has 1 aromatic heterocycles. The second-order valence-electron chi connectivity index (χ2n) is 5.97. The van der Waals surface area contributed by atoms with Gasteiger partial charge in [0.1, 0.15) is 12.3 Å². The van der Waals surface area contributed by atoms with Gasteiger partial charge in [-0.3, -0.25) is 4.79 Å². The predicted molar refractivity (Wildman–Crippen MR) is 71.2 cm³/mol. The van der Waals surface area contributed by atoms with Crippen molar-refractivity contribution in [2.45, 2.75) is 45.4 Å². The first kappa shape index (κ1) is 13.4. The number of hydrogen-bond acceptors (Lipinski definition) is 5. The molecule has 3 rings (SSSR count). The van der Waals surface area contributed by atoms with Crippen LogP contribution in [0.5, 0.6) is 5.88 Å². The Morgan fingerprint density at radius 3 is 2.90 bits per heavy atom. The Bertz CT molecular complexity index is 480. The molecule has 6 heteroatoms. The molecule has 2 fully saturated rings. The molecule has 0 saturated heterocycles. The molecule has 1 amide bonds. The van der Waals surface area contributed by atoms with Gasteiger partial charge in [-0.05, 0) is 36.8 Å². The Morgan fingerprint density at radius 2 is 2.20 bits per heavy atom. The topological polar surface area (TPSA) is 77.2 Å². The second kappa shape index (κ2) is 5.42. The number of amides is 1. The summed E-state index contributed by atoms with van der Waals surface area (Å²) in [6, 6.07) is 0. The van der Waals surface area contributed by atoms with Gasteiger partial charge >= 0.3 is 0 Å². The lowest BCUT2D eigenvalue weighted by molar-refractivity contribution is -0.123. The van der Waals surface area contributed by atoms with E-state index in [1.165, 1.54) is 32.1 Å². The lowest BCUT2D eigenvalue weighted by Crippen LogP contribution is -2.31. The quantitative estimate of drug-likeness (QED) is 0.832. The zero-order chi connectivity index (χ0) is 14.0. The van der Waals surface area contributed by atoms with Gasteiger partial charge < -0.3 is 10.1 Å². The number of nitrogens with one attached hydrogen (secondary N) is 1. The molecule has 0 unspecified atom stereocenters. The van der Waals surface area contributed by atoms with Gasteiger partial charge in [-0.1, -0.05) is 24.4 Å². The van der Waals surface area contributed by atoms with E-state index in [2.05, 4.69) is 20.3 Å². The van der Waals surface area contributed by atoms with E-state index in [0.717, 1.165) is 6.42 Å². The SMILES string of the molecule is Cc1nonc1OCCNC(=O)[C@H]1CC12CCCCC2. The van der Waals surface area contributed by atoms with E-state index in [1.807, 2.05) is 0 Å². The van der Waals surface area contributed by atoms with Crippen molar-refractivity contribution in [2.75, 3.05) is 13.2 Å². The summed E-state index contributed by atoms with van der Waals surface area (Å²) in [5.74, 6) is 0.818. The van der Waals surface area contributed by atoms with E-state index in [0.29, 0.717) is 30.1 Å². The van der Waals surface area contributed by atoms with Gasteiger partial charge in [0.05, 0.1) is 6.54 Å². The lowest BCUT2D eigenvalue weighted by Gasteiger charge is -2.22. The van der Waals surface area contributed by atoms with Gasteiger partial charge in [0, 0.05) is 5.92 Å². The molecule has 0 bridgehead atoms. The number of ether oxygens (including phenoxy) is 1. The zero-order valence-corrected chi connectivity index (χ0v) is 11.9. The fourth-order valence-corrected chi connectivity index (χ4v) is 3.33. The summed E-state index contributed by atoms with van der Waals surface area (Å²) < 4.78 is 9.92. The molecule has 0 aliphatic heterocycles. The molecule has 2 aliphatic carbocycles. The normalized spacial score (nSPS) is 23.6. The smallest absolute Gasteiger partial charge is 0.278 e. The van der Waals surface area contributed by atoms with Crippen molar-refractivity contribution in [1.29, 1.82) is 0 Å². The highest BCUT2D eigenvalue weighted by Gasteiger charge is 2.57. The minimum absolute atomic E-state index is 0.186. The Kier molecular flexibility index (Phi) is 3.63. The molecule has 1 aromatic rings. The van der Waals surface area contributed by atoms with E-state index in [1.54, 1.807) is 6.92 Å². The van der Waals surface area contributed by atoms with Crippen molar-refractivity contribution < 1.29 is 14.2 Å². The van der Waals surface area contributed by atoms with Crippen molar-refractivity contribution in [1.82, 2.24) is 15.6 Å². The average Bonchev–Trinajstić information content (AvgIpc) is 2.98. The number of rotatable bonds is 5. The average molecular weight is 279 g/mol. The standard InChI is InChI=1S/C14H21N3O3/c1-10-13(17-20-16-10)19-8-7-15-12(18)11-9-14(11)5-3-2-4-6-14/h11H,2-9H2,1H3,(H,15,18)/t11-/m1/s1. The largest absolute Gasteiger partial charge is 0.472 e. The summed E-state index contributed by atoms with van der Waals surface area (Å²) in [5, 5.41) is 10.2. The number of nitrogens with zero attached hydrogens (tertiary/aromatic N) is 2. The third-order valence-electron chi connectivity index (χ3n) is 4.61. The molecule has 2 aliphatic rings. The van der Waals surface area contributed by atoms with Crippen LogP contribution in [0.25, 0.3) is 0 Å². The Balaban J connectivity index is 1.37. The van der Waals surface area contributed by atoms with Crippen LogP contribution in [0.3, 0.4) is 0 Å². The molecule has 20 heavy (non-hydrogen) atoms. The highest BCUT2D eigenvalue weighted by atomic mass is 16.6. The monoisotopic (exact) mass is 279 g/mol. The highest BCUT2D eigenvalue weighted by Crippen LogP contribution is 2.61. The third kappa shape index (κ3) is 2.64. The molecule has 6 nitrogen and oxygen atoms in total. The minimum atomic E-state index is 0.186. The first-order valence-electron chi connectivity index (χ1n) is 7.41. The molecule has 2 saturated carbocycles. The van der Waals surface area contributed by atoms with Crippen LogP contribution in [0.15, 0.2) is 4.63 Å². The van der Waals surface area contributed by atoms with Gasteiger partial charge in [0.15, 0.2) is 0 Å². The Morgan fingerprint density at radius 1 is 1.40 bits per heavy atom. The summed E-state index contributed by atoms with van der Waals surface area (Å²) in [6.45, 7) is 2.65. The molecular weight excluding hydrogens is 258 g/mol. The van der Waals surface area contributed by atoms with Gasteiger partial charge in [-0.15, -0.1) is 0 Å². The fourth-order valence-electron chi connectivity index (χ4n) is 3.33. The lowest BCUT2D eigenvalue weighted by atomic mass is 9.84. The van der Waals surface area contributed by atoms with Crippen molar-refractivity contribution in [2.24, 2.45) is 11.3 Å². The molecular formula is C14H21N3O3. The number of aryl methyl sites for hydroxylation is 1. The summed E-state index contributed by atoms with van der Waals surface area (Å²) in [7, 11) is 0. The Hall–Kier alpha value is -1.59. The Labute approximate surface area is 118 Å². The van der Waals surface area contributed by atoms with E-state index in [9.17, 15) is 4.79 Å². The van der Waals surface area contributed by atoms with Crippen LogP contribution in [0, 0.1) is 18.3 Å². The number of carbonyl (C=O) groups is 1. The molecule has 0 aromatic carbocycles. The summed E-state index contributed by atoms with van der Waals surface area (Å²) in [5.41, 5.74) is 0.968. The minimum Gasteiger partial charge on any atom is -0.472 e. The predicted octanol–water partition coefficient (Wildman–Crippen LogP) is 1.84. The summed E-state index contributed by atoms with van der Waals surface area (Å²) in [6.07, 6.45) is 7.43. The maximum Gasteiger partial charge on any atom is 0.278 e. The van der Waals surface area contributed by atoms with Crippen LogP contribution in [0.4, 0.5) is 0 Å². The van der Waals surface area contributed by atoms with E-state index in [4.69, 9.17) is 4.74 Å². The van der Waals surface area contributed by atoms with Crippen LogP contribution in [-0.2, 0) is 4.79 Å². The van der Waals surface area contributed by atoms with Gasteiger partial charge in [0.2, 0.25) is 5.91 Å². The van der Waals surface area contributed by atoms with Crippen LogP contribution < -0.4 is 10.1 Å². The van der Waals surface area contributed by atoms with Crippen molar-refractivity contribution in [3.63, 3.8) is 0 Å². The second-order valence-corrected chi connectivity index (χ2v) is 5.97. The molecule has 1 atom stereocenters. The summed E-state index contributed by atoms with van der Waals surface area (Å²) in [4.78, 5) is 12.1. The number of carbonyl (C=O) groups excluding carboxylic acids is 1. The van der Waals surface area contributed by atoms with Crippen molar-refractivity contribution >= 4 is 5.91 Å². The molecule has 0 radical (unpaired) electrons. The van der Waals surface area contributed by atoms with Crippen molar-refractivity contribution in [3.8, 4) is 5.88 Å². The van der Waals surface area contributed by atoms with E-state index >= 15 is 0 Å². The molecule has 110 valence electrons. The van der Waals surface area contributed by atoms with Crippen LogP contribution in [-0.4, -0.2) is 29.4 Å². The van der Waals surface area contributed by atoms with Crippen molar-refractivity contribution in [3.05, 3.63) is 5.69 Å². The molecule has 1 heterocycles. The first-order valence-corrected chi connectivity index (χ1v) is 7.41. The molecule has 1 spiro atoms. The maximum atomic E-state index is 12.1. The fraction of sp³-hybridized carbons (Fsp3) is 0.786. The van der Waals surface area contributed by atoms with Crippen LogP contribution >= 0.6 is 0 Å². The first-order chi connectivity index (χ1) is 9.71. The van der Waals surface area contributed by atoms with E-state index < -0.39 is 0 Å². The van der Waals surface area contributed by atoms with Gasteiger partial charge in [-0.2, -0.15) is 0 Å². The molecule has 1 N–H and O–H groups in total. The highest BCUT2D eigenvalue weighted by molar-refractivity contribution is 5.82. The number of aromatic nitrogens is 2.